The number of hydrogen-bond acceptors (Lipinski definition) is 3. The highest BCUT2D eigenvalue weighted by Crippen LogP contribution is 2.12. The summed E-state index contributed by atoms with van der Waals surface area (Å²) in [4.78, 5) is 21.4. The zero-order valence-electron chi connectivity index (χ0n) is 5.81. The molecule has 0 spiro atoms. The molecule has 4 nitrogen and oxygen atoms in total. The summed E-state index contributed by atoms with van der Waals surface area (Å²) in [5.41, 5.74) is 4.67. The lowest BCUT2D eigenvalue weighted by Crippen LogP contribution is -2.57. The third kappa shape index (κ3) is 1.16. The summed E-state index contributed by atoms with van der Waals surface area (Å²) in [6.07, 6.45) is 0.788. The van der Waals surface area contributed by atoms with Gasteiger partial charge in [-0.05, 0) is 13.3 Å². The van der Waals surface area contributed by atoms with Crippen molar-refractivity contribution in [1.82, 2.24) is 5.32 Å². The van der Waals surface area contributed by atoms with Crippen LogP contribution >= 0.6 is 0 Å². The molecule has 2 amide bonds. The van der Waals surface area contributed by atoms with Crippen LogP contribution in [0.4, 0.5) is 0 Å². The van der Waals surface area contributed by atoms with E-state index >= 15 is 0 Å². The van der Waals surface area contributed by atoms with E-state index in [9.17, 15) is 9.59 Å². The number of carbonyl (C=O) groups excluding carboxylic acids is 2. The number of hydrogen-bond donors (Lipinski definition) is 2. The average Bonchev–Trinajstić information content (AvgIpc) is 1.81. The summed E-state index contributed by atoms with van der Waals surface area (Å²) in [5.74, 6) is -0.600. The molecule has 0 aromatic rings. The normalized spacial score (nSPS) is 33.8. The Balaban J connectivity index is 2.70. The van der Waals surface area contributed by atoms with Crippen LogP contribution in [0.1, 0.15) is 19.8 Å². The van der Waals surface area contributed by atoms with Crippen molar-refractivity contribution in [3.63, 3.8) is 0 Å². The van der Waals surface area contributed by atoms with Gasteiger partial charge in [-0.2, -0.15) is 0 Å². The summed E-state index contributed by atoms with van der Waals surface area (Å²) in [6, 6.07) is 0. The monoisotopic (exact) mass is 142 g/mol. The summed E-state index contributed by atoms with van der Waals surface area (Å²) in [5, 5.41) is 2.17. The van der Waals surface area contributed by atoms with E-state index in [2.05, 4.69) is 5.32 Å². The maximum Gasteiger partial charge on any atom is 0.246 e. The molecule has 3 N–H and O–H groups in total. The topological polar surface area (TPSA) is 72.2 Å². The lowest BCUT2D eigenvalue weighted by Gasteiger charge is -2.26. The Morgan fingerprint density at radius 2 is 2.20 bits per heavy atom. The molecule has 0 aromatic carbocycles. The van der Waals surface area contributed by atoms with Crippen molar-refractivity contribution >= 4 is 11.8 Å². The second-order valence-corrected chi connectivity index (χ2v) is 2.79. The Kier molecular flexibility index (Phi) is 1.48. The number of carbonyl (C=O) groups is 2. The molecule has 56 valence electrons. The van der Waals surface area contributed by atoms with E-state index in [-0.39, 0.29) is 11.8 Å². The van der Waals surface area contributed by atoms with E-state index in [0.29, 0.717) is 12.8 Å². The number of imide groups is 1. The van der Waals surface area contributed by atoms with Crippen molar-refractivity contribution in [2.75, 3.05) is 0 Å². The standard InChI is InChI=1S/C6H10N2O2/c1-6(7)3-2-4(9)8-5(6)10/h2-3,7H2,1H3,(H,8,9,10)/t6-/m1/s1. The van der Waals surface area contributed by atoms with Crippen molar-refractivity contribution in [3.05, 3.63) is 0 Å². The van der Waals surface area contributed by atoms with Crippen molar-refractivity contribution in [2.24, 2.45) is 5.73 Å². The first-order valence-corrected chi connectivity index (χ1v) is 3.15. The second-order valence-electron chi connectivity index (χ2n) is 2.79. The molecule has 0 aliphatic carbocycles. The number of nitrogens with one attached hydrogen (secondary N) is 1. The van der Waals surface area contributed by atoms with Crippen molar-refractivity contribution in [2.45, 2.75) is 25.3 Å². The van der Waals surface area contributed by atoms with Gasteiger partial charge in [0.25, 0.3) is 0 Å². The fraction of sp³-hybridized carbons (Fsp3) is 0.667. The predicted molar refractivity (Wildman–Crippen MR) is 35.0 cm³/mol. The molecule has 1 aliphatic rings. The van der Waals surface area contributed by atoms with Crippen LogP contribution in [-0.4, -0.2) is 17.4 Å². The molecule has 0 aromatic heterocycles. The molecule has 10 heavy (non-hydrogen) atoms. The van der Waals surface area contributed by atoms with Crippen LogP contribution in [-0.2, 0) is 9.59 Å². The zero-order chi connectivity index (χ0) is 7.78. The number of nitrogens with two attached hydrogens (primary N) is 1. The van der Waals surface area contributed by atoms with E-state index in [1.165, 1.54) is 0 Å². The van der Waals surface area contributed by atoms with Gasteiger partial charge in [0.1, 0.15) is 0 Å². The highest BCUT2D eigenvalue weighted by molar-refractivity contribution is 6.02. The van der Waals surface area contributed by atoms with E-state index in [0.717, 1.165) is 0 Å². The minimum Gasteiger partial charge on any atom is -0.318 e. The van der Waals surface area contributed by atoms with Gasteiger partial charge in [0.2, 0.25) is 11.8 Å². The van der Waals surface area contributed by atoms with Gasteiger partial charge in [0.05, 0.1) is 5.54 Å². The van der Waals surface area contributed by atoms with Crippen LogP contribution in [0.25, 0.3) is 0 Å². The number of piperidine rings is 1. The van der Waals surface area contributed by atoms with Crippen LogP contribution in [0, 0.1) is 0 Å². The first-order valence-electron chi connectivity index (χ1n) is 3.15. The number of amides is 2. The van der Waals surface area contributed by atoms with Gasteiger partial charge in [0, 0.05) is 6.42 Å². The van der Waals surface area contributed by atoms with Crippen LogP contribution in [0.5, 0.6) is 0 Å². The molecule has 0 unspecified atom stereocenters. The van der Waals surface area contributed by atoms with Gasteiger partial charge in [-0.25, -0.2) is 0 Å². The molecule has 1 aliphatic heterocycles. The second kappa shape index (κ2) is 2.05. The maximum atomic E-state index is 10.9. The van der Waals surface area contributed by atoms with Gasteiger partial charge in [-0.15, -0.1) is 0 Å². The minimum atomic E-state index is -0.853. The van der Waals surface area contributed by atoms with Crippen LogP contribution in [0.3, 0.4) is 0 Å². The lowest BCUT2D eigenvalue weighted by molar-refractivity contribution is -0.137. The SMILES string of the molecule is C[C@@]1(N)CCC(=O)NC1=O. The summed E-state index contributed by atoms with van der Waals surface area (Å²) in [6.45, 7) is 1.62. The van der Waals surface area contributed by atoms with Crippen molar-refractivity contribution < 1.29 is 9.59 Å². The first kappa shape index (κ1) is 7.21. The van der Waals surface area contributed by atoms with E-state index < -0.39 is 5.54 Å². The molecular weight excluding hydrogens is 132 g/mol. The van der Waals surface area contributed by atoms with Gasteiger partial charge >= 0.3 is 0 Å². The van der Waals surface area contributed by atoms with Gasteiger partial charge in [-0.1, -0.05) is 0 Å². The fourth-order valence-corrected chi connectivity index (χ4v) is 0.819. The van der Waals surface area contributed by atoms with Crippen LogP contribution in [0.15, 0.2) is 0 Å². The molecule has 1 saturated heterocycles. The summed E-state index contributed by atoms with van der Waals surface area (Å²) in [7, 11) is 0. The Hall–Kier alpha value is -0.900. The minimum absolute atomic E-state index is 0.229. The molecule has 0 saturated carbocycles. The Morgan fingerprint density at radius 1 is 1.60 bits per heavy atom. The van der Waals surface area contributed by atoms with Gasteiger partial charge < -0.3 is 5.73 Å². The highest BCUT2D eigenvalue weighted by atomic mass is 16.2. The largest absolute Gasteiger partial charge is 0.318 e. The predicted octanol–water partition coefficient (Wildman–Crippen LogP) is -0.860. The molecule has 4 heteroatoms. The van der Waals surface area contributed by atoms with Crippen LogP contribution in [0.2, 0.25) is 0 Å². The zero-order valence-corrected chi connectivity index (χ0v) is 5.81. The molecule has 1 fully saturated rings. The number of rotatable bonds is 0. The quantitative estimate of drug-likeness (QED) is 0.432. The third-order valence-electron chi connectivity index (χ3n) is 1.64. The Bertz CT molecular complexity index is 186. The molecule has 1 atom stereocenters. The molecule has 1 rings (SSSR count). The molecular formula is C6H10N2O2. The summed E-state index contributed by atoms with van der Waals surface area (Å²) >= 11 is 0. The van der Waals surface area contributed by atoms with Crippen LogP contribution < -0.4 is 11.1 Å². The maximum absolute atomic E-state index is 10.9. The smallest absolute Gasteiger partial charge is 0.246 e. The van der Waals surface area contributed by atoms with E-state index in [4.69, 9.17) is 5.73 Å². The fourth-order valence-electron chi connectivity index (χ4n) is 0.819. The third-order valence-corrected chi connectivity index (χ3v) is 1.64. The summed E-state index contributed by atoms with van der Waals surface area (Å²) < 4.78 is 0. The van der Waals surface area contributed by atoms with E-state index in [1.54, 1.807) is 6.92 Å². The Labute approximate surface area is 58.8 Å². The highest BCUT2D eigenvalue weighted by Gasteiger charge is 2.34. The Morgan fingerprint density at radius 3 is 2.60 bits per heavy atom. The lowest BCUT2D eigenvalue weighted by atomic mass is 9.93. The van der Waals surface area contributed by atoms with E-state index in [1.807, 2.05) is 0 Å². The van der Waals surface area contributed by atoms with Crippen molar-refractivity contribution in [3.8, 4) is 0 Å². The molecule has 1 heterocycles. The molecule has 0 bridgehead atoms. The average molecular weight is 142 g/mol. The van der Waals surface area contributed by atoms with Gasteiger partial charge in [-0.3, -0.25) is 14.9 Å². The van der Waals surface area contributed by atoms with Gasteiger partial charge in [0.15, 0.2) is 0 Å². The molecule has 0 radical (unpaired) electrons. The van der Waals surface area contributed by atoms with Crippen molar-refractivity contribution in [1.29, 1.82) is 0 Å². The first-order chi connectivity index (χ1) is 4.52.